The smallest absolute Gasteiger partial charge is 0.416 e. The van der Waals surface area contributed by atoms with Gasteiger partial charge < -0.3 is 9.47 Å². The summed E-state index contributed by atoms with van der Waals surface area (Å²) in [5.74, 6) is 0.987. The zero-order chi connectivity index (χ0) is 16.2. The highest BCUT2D eigenvalue weighted by Crippen LogP contribution is 2.27. The molecule has 1 amide bonds. The summed E-state index contributed by atoms with van der Waals surface area (Å²) < 4.78 is 10.9. The van der Waals surface area contributed by atoms with Crippen molar-refractivity contribution in [2.45, 2.75) is 59.0 Å². The van der Waals surface area contributed by atoms with Crippen LogP contribution in [0.5, 0.6) is 11.5 Å². The van der Waals surface area contributed by atoms with E-state index in [1.807, 2.05) is 26.0 Å². The molecule has 1 N–H and O–H groups in total. The van der Waals surface area contributed by atoms with Crippen molar-refractivity contribution in [2.24, 2.45) is 0 Å². The number of allylic oxidation sites excluding steroid dienone is 1. The Labute approximate surface area is 133 Å². The molecule has 1 rings (SSSR count). The van der Waals surface area contributed by atoms with Gasteiger partial charge in [-0.15, -0.1) is 0 Å². The van der Waals surface area contributed by atoms with E-state index in [0.29, 0.717) is 11.5 Å². The second-order valence-corrected chi connectivity index (χ2v) is 5.40. The SMILES string of the molecule is CCCCCCC=CNC(=O)Oc1ccccc1OC(C)C. The van der Waals surface area contributed by atoms with E-state index in [-0.39, 0.29) is 6.10 Å². The molecule has 0 aliphatic heterocycles. The maximum absolute atomic E-state index is 11.7. The lowest BCUT2D eigenvalue weighted by Crippen LogP contribution is -2.22. The third-order valence-corrected chi connectivity index (χ3v) is 2.96. The van der Waals surface area contributed by atoms with Gasteiger partial charge in [0, 0.05) is 6.20 Å². The Balaban J connectivity index is 2.37. The molecule has 4 nitrogen and oxygen atoms in total. The van der Waals surface area contributed by atoms with Gasteiger partial charge in [-0.05, 0) is 38.8 Å². The molecule has 0 saturated heterocycles. The lowest BCUT2D eigenvalue weighted by molar-refractivity contribution is 0.195. The van der Waals surface area contributed by atoms with Crippen molar-refractivity contribution in [1.82, 2.24) is 5.32 Å². The number of rotatable bonds is 9. The molecular weight excluding hydrogens is 278 g/mol. The second kappa shape index (κ2) is 10.7. The predicted molar refractivity (Wildman–Crippen MR) is 89.3 cm³/mol. The molecule has 0 aromatic heterocycles. The fourth-order valence-electron chi connectivity index (χ4n) is 1.91. The van der Waals surface area contributed by atoms with Crippen LogP contribution in [-0.4, -0.2) is 12.2 Å². The summed E-state index contributed by atoms with van der Waals surface area (Å²) in [6.07, 6.45) is 8.93. The minimum atomic E-state index is -0.510. The topological polar surface area (TPSA) is 47.6 Å². The average Bonchev–Trinajstić information content (AvgIpc) is 2.48. The molecule has 0 saturated carbocycles. The summed E-state index contributed by atoms with van der Waals surface area (Å²) in [6.45, 7) is 6.05. The Morgan fingerprint density at radius 2 is 1.91 bits per heavy atom. The average molecular weight is 305 g/mol. The van der Waals surface area contributed by atoms with Crippen LogP contribution in [-0.2, 0) is 0 Å². The number of unbranched alkanes of at least 4 members (excludes halogenated alkanes) is 4. The minimum absolute atomic E-state index is 0.0239. The van der Waals surface area contributed by atoms with E-state index >= 15 is 0 Å². The van der Waals surface area contributed by atoms with E-state index in [1.54, 1.807) is 24.4 Å². The number of hydrogen-bond acceptors (Lipinski definition) is 3. The standard InChI is InChI=1S/C18H27NO3/c1-4-5-6-7-8-11-14-19-18(20)22-17-13-10-9-12-16(17)21-15(2)3/h9-15H,4-8H2,1-3H3,(H,19,20). The monoisotopic (exact) mass is 305 g/mol. The number of carbonyl (C=O) groups is 1. The van der Waals surface area contributed by atoms with Crippen LogP contribution in [0, 0.1) is 0 Å². The number of nitrogens with one attached hydrogen (secondary N) is 1. The molecule has 22 heavy (non-hydrogen) atoms. The van der Waals surface area contributed by atoms with Crippen LogP contribution < -0.4 is 14.8 Å². The summed E-state index contributed by atoms with van der Waals surface area (Å²) in [5, 5.41) is 2.61. The van der Waals surface area contributed by atoms with Crippen LogP contribution >= 0.6 is 0 Å². The number of para-hydroxylation sites is 2. The van der Waals surface area contributed by atoms with E-state index in [0.717, 1.165) is 12.8 Å². The quantitative estimate of drug-likeness (QED) is 0.650. The van der Waals surface area contributed by atoms with Crippen LogP contribution in [0.4, 0.5) is 4.79 Å². The van der Waals surface area contributed by atoms with Gasteiger partial charge in [-0.3, -0.25) is 5.32 Å². The maximum atomic E-state index is 11.7. The fraction of sp³-hybridized carbons (Fsp3) is 0.500. The number of hydrogen-bond donors (Lipinski definition) is 1. The highest BCUT2D eigenvalue weighted by atomic mass is 16.6. The van der Waals surface area contributed by atoms with Gasteiger partial charge in [0.05, 0.1) is 6.10 Å². The Morgan fingerprint density at radius 1 is 1.18 bits per heavy atom. The van der Waals surface area contributed by atoms with Crippen molar-refractivity contribution in [2.75, 3.05) is 0 Å². The van der Waals surface area contributed by atoms with Crippen LogP contribution in [0.15, 0.2) is 36.5 Å². The van der Waals surface area contributed by atoms with Crippen LogP contribution in [0.3, 0.4) is 0 Å². The lowest BCUT2D eigenvalue weighted by Gasteiger charge is -2.13. The molecule has 0 bridgehead atoms. The van der Waals surface area contributed by atoms with Crippen LogP contribution in [0.1, 0.15) is 52.9 Å². The molecule has 0 spiro atoms. The van der Waals surface area contributed by atoms with Gasteiger partial charge in [-0.1, -0.05) is 44.4 Å². The first-order chi connectivity index (χ1) is 10.6. The molecule has 0 aliphatic rings. The molecule has 0 fully saturated rings. The fourth-order valence-corrected chi connectivity index (χ4v) is 1.91. The first kappa shape index (κ1) is 18.1. The van der Waals surface area contributed by atoms with Gasteiger partial charge in [0.1, 0.15) is 0 Å². The van der Waals surface area contributed by atoms with Gasteiger partial charge in [0.2, 0.25) is 0 Å². The van der Waals surface area contributed by atoms with Crippen molar-refractivity contribution in [3.8, 4) is 11.5 Å². The van der Waals surface area contributed by atoms with Gasteiger partial charge >= 0.3 is 6.09 Å². The summed E-state index contributed by atoms with van der Waals surface area (Å²) in [4.78, 5) is 11.7. The normalized spacial score (nSPS) is 10.9. The first-order valence-electron chi connectivity index (χ1n) is 8.02. The van der Waals surface area contributed by atoms with E-state index in [1.165, 1.54) is 19.3 Å². The molecular formula is C18H27NO3. The van der Waals surface area contributed by atoms with E-state index in [9.17, 15) is 4.79 Å². The van der Waals surface area contributed by atoms with E-state index < -0.39 is 6.09 Å². The van der Waals surface area contributed by atoms with Crippen LogP contribution in [0.2, 0.25) is 0 Å². The molecule has 0 heterocycles. The zero-order valence-electron chi connectivity index (χ0n) is 13.8. The Kier molecular flexibility index (Phi) is 8.80. The highest BCUT2D eigenvalue weighted by Gasteiger charge is 2.09. The number of ether oxygens (including phenoxy) is 2. The summed E-state index contributed by atoms with van der Waals surface area (Å²) in [5.41, 5.74) is 0. The van der Waals surface area contributed by atoms with Gasteiger partial charge in [0.25, 0.3) is 0 Å². The van der Waals surface area contributed by atoms with E-state index in [4.69, 9.17) is 9.47 Å². The number of amides is 1. The molecule has 0 aliphatic carbocycles. The largest absolute Gasteiger partial charge is 0.487 e. The highest BCUT2D eigenvalue weighted by molar-refractivity contribution is 5.72. The summed E-state index contributed by atoms with van der Waals surface area (Å²) >= 11 is 0. The van der Waals surface area contributed by atoms with Crippen molar-refractivity contribution in [3.63, 3.8) is 0 Å². The third kappa shape index (κ3) is 7.72. The van der Waals surface area contributed by atoms with Gasteiger partial charge in [0.15, 0.2) is 11.5 Å². The Bertz CT molecular complexity index is 469. The minimum Gasteiger partial charge on any atom is -0.487 e. The summed E-state index contributed by atoms with van der Waals surface area (Å²) in [6, 6.07) is 7.15. The Morgan fingerprint density at radius 3 is 2.59 bits per heavy atom. The summed E-state index contributed by atoms with van der Waals surface area (Å²) in [7, 11) is 0. The van der Waals surface area contributed by atoms with Crippen molar-refractivity contribution < 1.29 is 14.3 Å². The van der Waals surface area contributed by atoms with Crippen molar-refractivity contribution in [1.29, 1.82) is 0 Å². The molecule has 0 unspecified atom stereocenters. The van der Waals surface area contributed by atoms with Crippen molar-refractivity contribution in [3.05, 3.63) is 36.5 Å². The molecule has 122 valence electrons. The number of carbonyl (C=O) groups excluding carboxylic acids is 1. The second-order valence-electron chi connectivity index (χ2n) is 5.40. The van der Waals surface area contributed by atoms with Crippen LogP contribution in [0.25, 0.3) is 0 Å². The maximum Gasteiger partial charge on any atom is 0.416 e. The molecule has 4 heteroatoms. The van der Waals surface area contributed by atoms with Crippen molar-refractivity contribution >= 4 is 6.09 Å². The van der Waals surface area contributed by atoms with E-state index in [2.05, 4.69) is 12.2 Å². The first-order valence-corrected chi connectivity index (χ1v) is 8.02. The molecule has 1 aromatic rings. The Hall–Kier alpha value is -1.97. The molecule has 0 atom stereocenters. The molecule has 1 aromatic carbocycles. The third-order valence-electron chi connectivity index (χ3n) is 2.96. The predicted octanol–water partition coefficient (Wildman–Crippen LogP) is 5.05. The van der Waals surface area contributed by atoms with Gasteiger partial charge in [-0.25, -0.2) is 4.79 Å². The lowest BCUT2D eigenvalue weighted by atomic mass is 10.1. The zero-order valence-corrected chi connectivity index (χ0v) is 13.8. The molecule has 0 radical (unpaired) electrons. The van der Waals surface area contributed by atoms with Gasteiger partial charge in [-0.2, -0.15) is 0 Å². The number of benzene rings is 1.